The summed E-state index contributed by atoms with van der Waals surface area (Å²) in [4.78, 5) is 0. The van der Waals surface area contributed by atoms with Gasteiger partial charge in [0, 0.05) is 12.8 Å². The second-order valence-corrected chi connectivity index (χ2v) is 5.68. The zero-order chi connectivity index (χ0) is 9.11. The molecule has 1 rings (SSSR count). The van der Waals surface area contributed by atoms with Crippen molar-refractivity contribution in [3.05, 3.63) is 21.6 Å². The summed E-state index contributed by atoms with van der Waals surface area (Å²) in [5.41, 5.74) is 0. The average Bonchev–Trinajstić information content (AvgIpc) is 2.63. The van der Waals surface area contributed by atoms with Crippen LogP contribution in [-0.4, -0.2) is 12.8 Å². The van der Waals surface area contributed by atoms with Crippen molar-refractivity contribution in [2.75, 3.05) is 12.8 Å². The molecule has 1 aliphatic rings. The maximum absolute atomic E-state index is 4.64. The fourth-order valence-corrected chi connectivity index (χ4v) is 2.73. The molecule has 0 saturated carbocycles. The Balaban J connectivity index is 0. The van der Waals surface area contributed by atoms with Gasteiger partial charge in [-0.25, -0.2) is 0 Å². The molecule has 0 amide bonds. The molecule has 1 aliphatic carbocycles. The summed E-state index contributed by atoms with van der Waals surface area (Å²) < 4.78 is 4.14. The first-order valence-electron chi connectivity index (χ1n) is 3.22. The molecule has 0 aromatic heterocycles. The number of hydrogen-bond acceptors (Lipinski definition) is 0. The van der Waals surface area contributed by atoms with Crippen LogP contribution in [0.15, 0.2) is 21.6 Å². The van der Waals surface area contributed by atoms with E-state index < -0.39 is 0 Å². The summed E-state index contributed by atoms with van der Waals surface area (Å²) in [7, 11) is 0. The normalized spacial score (nSPS) is 11.9. The van der Waals surface area contributed by atoms with E-state index in [-0.39, 0.29) is 22.9 Å². The number of hydrogen-bond donors (Lipinski definition) is 0. The van der Waals surface area contributed by atoms with Gasteiger partial charge in [-0.1, -0.05) is 0 Å². The number of allylic oxidation sites excluding steroid dienone is 4. The van der Waals surface area contributed by atoms with Gasteiger partial charge in [0.15, 0.2) is 0 Å². The molecule has 0 N–H and O–H groups in total. The van der Waals surface area contributed by atoms with Crippen molar-refractivity contribution in [3.8, 4) is 0 Å². The van der Waals surface area contributed by atoms with Crippen LogP contribution in [-0.2, 0) is 22.9 Å². The Kier molecular flexibility index (Phi) is 17.8. The van der Waals surface area contributed by atoms with E-state index in [4.69, 9.17) is 0 Å². The Hall–Kier alpha value is 0.930. The van der Waals surface area contributed by atoms with E-state index in [1.54, 1.807) is 3.33 Å². The van der Waals surface area contributed by atoms with Crippen molar-refractivity contribution in [1.82, 2.24) is 0 Å². The number of rotatable bonds is 1. The molecular weight excluding hydrogens is 345 g/mol. The SMILES string of the molecule is CCl.CCl.[CH3][Hf][C]1=CC=CC1. The predicted molar refractivity (Wildman–Crippen MR) is 51.3 cm³/mol. The van der Waals surface area contributed by atoms with Crippen LogP contribution >= 0.6 is 23.2 Å². The average molecular weight is 360 g/mol. The Labute approximate surface area is 91.0 Å². The van der Waals surface area contributed by atoms with Gasteiger partial charge in [0.25, 0.3) is 0 Å². The van der Waals surface area contributed by atoms with Crippen LogP contribution in [0.4, 0.5) is 0 Å². The molecule has 0 aromatic rings. The maximum atomic E-state index is 4.64. The van der Waals surface area contributed by atoms with Gasteiger partial charge in [0.05, 0.1) is 0 Å². The van der Waals surface area contributed by atoms with Crippen molar-refractivity contribution >= 4 is 23.2 Å². The van der Waals surface area contributed by atoms with Crippen molar-refractivity contribution in [1.29, 1.82) is 0 Å². The van der Waals surface area contributed by atoms with Crippen molar-refractivity contribution in [2.45, 2.75) is 11.1 Å². The summed E-state index contributed by atoms with van der Waals surface area (Å²) in [6.07, 6.45) is 10.9. The summed E-state index contributed by atoms with van der Waals surface area (Å²) in [5, 5.41) is 0. The van der Waals surface area contributed by atoms with E-state index in [1.165, 1.54) is 19.2 Å². The molecule has 0 atom stereocenters. The molecule has 0 heterocycles. The molecule has 0 aromatic carbocycles. The summed E-state index contributed by atoms with van der Waals surface area (Å²) >= 11 is 9.06. The van der Waals surface area contributed by atoms with Crippen LogP contribution in [0.1, 0.15) is 6.42 Å². The molecule has 3 heteroatoms. The number of alkyl halides is 2. The minimum absolute atomic E-state index is 0.221. The quantitative estimate of drug-likeness (QED) is 0.495. The van der Waals surface area contributed by atoms with E-state index >= 15 is 0 Å². The van der Waals surface area contributed by atoms with Gasteiger partial charge < -0.3 is 0 Å². The molecule has 11 heavy (non-hydrogen) atoms. The van der Waals surface area contributed by atoms with E-state index in [1.807, 2.05) is 0 Å². The van der Waals surface area contributed by atoms with Gasteiger partial charge >= 0.3 is 55.6 Å². The Morgan fingerprint density at radius 2 is 1.82 bits per heavy atom. The molecule has 0 radical (unpaired) electrons. The first-order chi connectivity index (χ1) is 5.43. The monoisotopic (exact) mass is 360 g/mol. The van der Waals surface area contributed by atoms with Crippen LogP contribution in [0.3, 0.4) is 0 Å². The Morgan fingerprint density at radius 3 is 2.00 bits per heavy atom. The summed E-state index contributed by atoms with van der Waals surface area (Å²) in [6.45, 7) is 0. The summed E-state index contributed by atoms with van der Waals surface area (Å²) in [6, 6.07) is 0. The second-order valence-electron chi connectivity index (χ2n) is 1.57. The topological polar surface area (TPSA) is 0 Å². The molecule has 0 saturated heterocycles. The second kappa shape index (κ2) is 13.5. The van der Waals surface area contributed by atoms with Crippen molar-refractivity contribution in [3.63, 3.8) is 0 Å². The third-order valence-electron chi connectivity index (χ3n) is 1.09. The predicted octanol–water partition coefficient (Wildman–Crippen LogP) is 3.67. The standard InChI is InChI=1S/C5H5.2CH3Cl.CH3.Hf/c1-2-4-5-3-1;2*1-2;;/h1-3H,4H2;2*1H3;1H3;. The van der Waals surface area contributed by atoms with E-state index in [2.05, 4.69) is 46.1 Å². The van der Waals surface area contributed by atoms with Gasteiger partial charge in [0.2, 0.25) is 0 Å². The van der Waals surface area contributed by atoms with Crippen LogP contribution in [0.2, 0.25) is 4.68 Å². The van der Waals surface area contributed by atoms with E-state index in [9.17, 15) is 0 Å². The fourth-order valence-electron chi connectivity index (χ4n) is 0.633. The van der Waals surface area contributed by atoms with Crippen LogP contribution in [0, 0.1) is 0 Å². The van der Waals surface area contributed by atoms with Gasteiger partial charge in [-0.2, -0.15) is 0 Å². The molecular formula is C8H14Cl2Hf. The van der Waals surface area contributed by atoms with Gasteiger partial charge in [-0.05, 0) is 0 Å². The Morgan fingerprint density at radius 1 is 1.27 bits per heavy atom. The summed E-state index contributed by atoms with van der Waals surface area (Å²) in [5.74, 6) is 0. The van der Waals surface area contributed by atoms with Gasteiger partial charge in [-0.15, -0.1) is 23.2 Å². The zero-order valence-corrected chi connectivity index (χ0v) is 12.3. The third-order valence-corrected chi connectivity index (χ3v) is 4.73. The molecule has 0 aliphatic heterocycles. The zero-order valence-electron chi connectivity index (χ0n) is 7.20. The molecule has 64 valence electrons. The molecule has 0 unspecified atom stereocenters. The first kappa shape index (κ1) is 14.5. The van der Waals surface area contributed by atoms with E-state index in [0.717, 1.165) is 0 Å². The van der Waals surface area contributed by atoms with Gasteiger partial charge in [0.1, 0.15) is 0 Å². The van der Waals surface area contributed by atoms with Crippen molar-refractivity contribution in [2.24, 2.45) is 0 Å². The van der Waals surface area contributed by atoms with E-state index in [0.29, 0.717) is 0 Å². The molecule has 0 bridgehead atoms. The number of halogens is 2. The molecule has 0 fully saturated rings. The molecule has 0 spiro atoms. The van der Waals surface area contributed by atoms with Crippen LogP contribution in [0.5, 0.6) is 0 Å². The minimum atomic E-state index is -0.221. The van der Waals surface area contributed by atoms with Crippen LogP contribution in [0.25, 0.3) is 0 Å². The fraction of sp³-hybridized carbons (Fsp3) is 0.500. The Bertz CT molecular complexity index is 119. The van der Waals surface area contributed by atoms with Crippen molar-refractivity contribution < 1.29 is 22.9 Å². The van der Waals surface area contributed by atoms with Gasteiger partial charge in [-0.3, -0.25) is 0 Å². The first-order valence-corrected chi connectivity index (χ1v) is 10.1. The third kappa shape index (κ3) is 8.84. The molecule has 0 nitrogen and oxygen atoms in total. The van der Waals surface area contributed by atoms with Crippen LogP contribution < -0.4 is 0 Å².